The number of hydrogen-bond acceptors (Lipinski definition) is 7. The summed E-state index contributed by atoms with van der Waals surface area (Å²) in [5.41, 5.74) is -1.46. The lowest BCUT2D eigenvalue weighted by Crippen LogP contribution is -2.51. The van der Waals surface area contributed by atoms with Crippen molar-refractivity contribution in [2.24, 2.45) is 45.8 Å². The van der Waals surface area contributed by atoms with Gasteiger partial charge in [-0.3, -0.25) is 24.0 Å². The van der Waals surface area contributed by atoms with Crippen LogP contribution in [0.25, 0.3) is 0 Å². The number of amides is 1. The van der Waals surface area contributed by atoms with E-state index in [1.807, 2.05) is 20.8 Å². The van der Waals surface area contributed by atoms with E-state index in [0.29, 0.717) is 19.4 Å². The number of Topliss-reactive ketones (excluding diaryl/α,β-unsaturated/α-hetero) is 4. The van der Waals surface area contributed by atoms with Gasteiger partial charge in [0.1, 0.15) is 5.78 Å². The maximum absolute atomic E-state index is 14.6. The van der Waals surface area contributed by atoms with Crippen molar-refractivity contribution in [2.75, 3.05) is 12.3 Å². The first-order valence-electron chi connectivity index (χ1n) is 19.8. The van der Waals surface area contributed by atoms with Crippen molar-refractivity contribution in [2.45, 2.75) is 163 Å². The number of likely N-dealkylation sites (tertiary alicyclic amines) is 1. The highest BCUT2D eigenvalue weighted by Gasteiger charge is 2.69. The number of carbonyl (C=O) groups excluding carboxylic acids is 5. The molecule has 0 unspecified atom stereocenters. The molecule has 0 bridgehead atoms. The van der Waals surface area contributed by atoms with Gasteiger partial charge in [0.05, 0.1) is 16.5 Å². The molecule has 4 rings (SSSR count). The van der Waals surface area contributed by atoms with Gasteiger partial charge in [0.15, 0.2) is 21.4 Å². The minimum absolute atomic E-state index is 0.0327. The lowest BCUT2D eigenvalue weighted by Gasteiger charge is -2.40. The molecular formula is C40H65NO7S. The summed E-state index contributed by atoms with van der Waals surface area (Å²) in [6, 6.07) is -0.786. The fraction of sp³-hybridized carbons (Fsp3) is 0.875. The van der Waals surface area contributed by atoms with Gasteiger partial charge in [0, 0.05) is 46.8 Å². The molecule has 1 amide bonds. The van der Waals surface area contributed by atoms with E-state index >= 15 is 0 Å². The van der Waals surface area contributed by atoms with Crippen LogP contribution in [0.2, 0.25) is 0 Å². The summed E-state index contributed by atoms with van der Waals surface area (Å²) in [6.07, 6.45) is 4.41. The zero-order valence-corrected chi connectivity index (χ0v) is 32.6. The molecule has 8 nitrogen and oxygen atoms in total. The van der Waals surface area contributed by atoms with Crippen molar-refractivity contribution in [1.29, 1.82) is 0 Å². The molecule has 4 aliphatic rings. The van der Waals surface area contributed by atoms with Gasteiger partial charge in [-0.25, -0.2) is 8.42 Å². The second-order valence-electron chi connectivity index (χ2n) is 18.9. The van der Waals surface area contributed by atoms with E-state index in [0.717, 1.165) is 32.1 Å². The smallest absolute Gasteiger partial charge is 0.227 e. The monoisotopic (exact) mass is 705 g/mol. The summed E-state index contributed by atoms with van der Waals surface area (Å²) in [6.45, 7) is 16.8. The van der Waals surface area contributed by atoms with Crippen LogP contribution in [-0.4, -0.2) is 65.4 Å². The second-order valence-corrected chi connectivity index (χ2v) is 21.6. The number of carbonyl (C=O) groups is 5. The topological polar surface area (TPSA) is 123 Å². The Morgan fingerprint density at radius 3 is 2.08 bits per heavy atom. The van der Waals surface area contributed by atoms with Crippen LogP contribution < -0.4 is 0 Å². The quantitative estimate of drug-likeness (QED) is 0.145. The summed E-state index contributed by atoms with van der Waals surface area (Å²) < 4.78 is 41.9. The van der Waals surface area contributed by atoms with Crippen LogP contribution in [0, 0.1) is 45.8 Å². The summed E-state index contributed by atoms with van der Waals surface area (Å²) in [4.78, 5) is 70.9. The van der Waals surface area contributed by atoms with Gasteiger partial charge in [0.25, 0.3) is 0 Å². The molecule has 0 spiro atoms. The van der Waals surface area contributed by atoms with Crippen molar-refractivity contribution in [1.82, 2.24) is 4.90 Å². The number of ketones is 4. The Morgan fingerprint density at radius 2 is 1.55 bits per heavy atom. The van der Waals surface area contributed by atoms with Gasteiger partial charge in [-0.1, -0.05) is 73.6 Å². The Kier molecular flexibility index (Phi) is 11.0. The molecule has 9 heteroatoms. The maximum atomic E-state index is 14.6. The summed E-state index contributed by atoms with van der Waals surface area (Å²) in [7, 11) is -3.48. The van der Waals surface area contributed by atoms with Crippen LogP contribution in [0.1, 0.15) is 155 Å². The number of nitrogens with zero attached hydrogens (tertiary/aromatic N) is 1. The van der Waals surface area contributed by atoms with Crippen LogP contribution >= 0.6 is 0 Å². The van der Waals surface area contributed by atoms with Crippen LogP contribution in [0.15, 0.2) is 0 Å². The SMILES string of the molecule is [2H]C([2H])(C)CC[C@H](CC(=O)[C@@H]1[C@@H]2[C@H](CN1C(=O)[C@@H](CC(=O)CC1(CS(=O)(=O)C(C)(C)C)CCCCC1)C(C)(C)C)C2(C)C)C(=O)C(=O)CC1CC1. The Bertz CT molecular complexity index is 1470. The summed E-state index contributed by atoms with van der Waals surface area (Å²) in [5, 5.41) is 0. The van der Waals surface area contributed by atoms with Crippen LogP contribution in [0.4, 0.5) is 0 Å². The molecule has 0 aromatic heterocycles. The Balaban J connectivity index is 1.56. The van der Waals surface area contributed by atoms with Gasteiger partial charge < -0.3 is 4.90 Å². The Morgan fingerprint density at radius 1 is 0.939 bits per heavy atom. The number of rotatable bonds is 17. The molecular weight excluding hydrogens is 639 g/mol. The second kappa shape index (κ2) is 14.6. The van der Waals surface area contributed by atoms with Gasteiger partial charge in [-0.05, 0) is 86.9 Å². The molecule has 3 aliphatic carbocycles. The van der Waals surface area contributed by atoms with E-state index in [9.17, 15) is 32.4 Å². The number of piperidine rings is 1. The van der Waals surface area contributed by atoms with Crippen LogP contribution in [0.3, 0.4) is 0 Å². The zero-order chi connectivity index (χ0) is 38.5. The van der Waals surface area contributed by atoms with Crippen molar-refractivity contribution >= 4 is 38.9 Å². The predicted octanol–water partition coefficient (Wildman–Crippen LogP) is 7.35. The minimum Gasteiger partial charge on any atom is -0.332 e. The van der Waals surface area contributed by atoms with Gasteiger partial charge >= 0.3 is 0 Å². The molecule has 3 saturated carbocycles. The molecule has 49 heavy (non-hydrogen) atoms. The highest BCUT2D eigenvalue weighted by atomic mass is 32.2. The molecule has 5 atom stereocenters. The van der Waals surface area contributed by atoms with Crippen molar-refractivity contribution in [3.8, 4) is 0 Å². The minimum atomic E-state index is -3.48. The van der Waals surface area contributed by atoms with E-state index in [-0.39, 0.29) is 84.9 Å². The third kappa shape index (κ3) is 9.13. The normalized spacial score (nSPS) is 27.0. The first-order chi connectivity index (χ1) is 23.2. The number of sulfone groups is 1. The average molecular weight is 706 g/mol. The van der Waals surface area contributed by atoms with Gasteiger partial charge in [-0.15, -0.1) is 0 Å². The summed E-state index contributed by atoms with van der Waals surface area (Å²) >= 11 is 0. The first kappa shape index (κ1) is 36.9. The van der Waals surface area contributed by atoms with Crippen molar-refractivity contribution < 1.29 is 35.1 Å². The summed E-state index contributed by atoms with van der Waals surface area (Å²) in [5.74, 6) is -3.29. The van der Waals surface area contributed by atoms with E-state index in [2.05, 4.69) is 13.8 Å². The van der Waals surface area contributed by atoms with E-state index < -0.39 is 61.2 Å². The van der Waals surface area contributed by atoms with Crippen LogP contribution in [-0.2, 0) is 33.8 Å². The Hall–Kier alpha value is -1.90. The molecule has 1 heterocycles. The fourth-order valence-corrected chi connectivity index (χ4v) is 10.4. The standard InChI is InChI=1S/C40H65NO7S/c1-10-11-15-27(35(45)32(44)20-26-16-17-26)21-31(43)34-33-30(39(33,8)9)24-41(34)36(46)29(37(2,3)4)22-28(42)23-40(18-13-12-14-19-40)25-49(47,48)38(5,6)7/h26-27,29-30,33-34H,10-25H2,1-9H3/t27-,29-,30+,33+,34-/m1/s1/i10D2. The fourth-order valence-electron chi connectivity index (χ4n) is 8.78. The van der Waals surface area contributed by atoms with Crippen molar-refractivity contribution in [3.63, 3.8) is 0 Å². The number of fused-ring (bicyclic) bond motifs is 1. The van der Waals surface area contributed by atoms with Gasteiger partial charge in [-0.2, -0.15) is 0 Å². The highest BCUT2D eigenvalue weighted by Crippen LogP contribution is 2.65. The van der Waals surface area contributed by atoms with E-state index in [1.165, 1.54) is 6.92 Å². The van der Waals surface area contributed by atoms with Gasteiger partial charge in [0.2, 0.25) is 11.7 Å². The lowest BCUT2D eigenvalue weighted by atomic mass is 9.70. The van der Waals surface area contributed by atoms with E-state index in [1.54, 1.807) is 25.7 Å². The zero-order valence-electron chi connectivity index (χ0n) is 33.8. The Labute approximate surface area is 299 Å². The predicted molar refractivity (Wildman–Crippen MR) is 192 cm³/mol. The lowest BCUT2D eigenvalue weighted by molar-refractivity contribution is -0.148. The largest absolute Gasteiger partial charge is 0.332 e. The molecule has 0 aromatic rings. The maximum Gasteiger partial charge on any atom is 0.227 e. The molecule has 0 aromatic carbocycles. The van der Waals surface area contributed by atoms with Crippen LogP contribution in [0.5, 0.6) is 0 Å². The molecule has 1 saturated heterocycles. The molecule has 0 N–H and O–H groups in total. The third-order valence-corrected chi connectivity index (χ3v) is 15.4. The molecule has 0 radical (unpaired) electrons. The average Bonchev–Trinajstić information content (AvgIpc) is 3.83. The van der Waals surface area contributed by atoms with Crippen molar-refractivity contribution in [3.05, 3.63) is 0 Å². The highest BCUT2D eigenvalue weighted by molar-refractivity contribution is 7.92. The molecule has 4 fully saturated rings. The van der Waals surface area contributed by atoms with E-state index in [4.69, 9.17) is 2.74 Å². The third-order valence-electron chi connectivity index (χ3n) is 12.5. The molecule has 278 valence electrons. The first-order valence-corrected chi connectivity index (χ1v) is 20.5. The number of hydrogen-bond donors (Lipinski definition) is 0. The molecule has 1 aliphatic heterocycles.